The van der Waals surface area contributed by atoms with Crippen LogP contribution < -0.4 is 5.32 Å². The van der Waals surface area contributed by atoms with Gasteiger partial charge in [-0.2, -0.15) is 0 Å². The molecule has 2 saturated heterocycles. The molecule has 2 aliphatic heterocycles. The minimum Gasteiger partial charge on any atom is -0.449 e. The zero-order valence-corrected chi connectivity index (χ0v) is 18.0. The van der Waals surface area contributed by atoms with Crippen LogP contribution in [0.15, 0.2) is 0 Å². The van der Waals surface area contributed by atoms with Crippen molar-refractivity contribution in [1.29, 1.82) is 0 Å². The van der Waals surface area contributed by atoms with Crippen LogP contribution in [0, 0.1) is 5.92 Å². The molecular formula is C20H42N4O2. The number of piperidine rings is 1. The van der Waals surface area contributed by atoms with E-state index in [4.69, 9.17) is 4.74 Å². The minimum absolute atomic E-state index is 0.144. The number of rotatable bonds is 6. The molecule has 6 heteroatoms. The van der Waals surface area contributed by atoms with E-state index in [9.17, 15) is 4.79 Å². The molecular weight excluding hydrogens is 328 g/mol. The smallest absolute Gasteiger partial charge is 0.407 e. The summed E-state index contributed by atoms with van der Waals surface area (Å²) in [7, 11) is 2.15. The van der Waals surface area contributed by atoms with Gasteiger partial charge in [0.25, 0.3) is 0 Å². The molecule has 0 radical (unpaired) electrons. The summed E-state index contributed by atoms with van der Waals surface area (Å²) in [6, 6.07) is 0. The fourth-order valence-electron chi connectivity index (χ4n) is 3.56. The highest BCUT2D eigenvalue weighted by Crippen LogP contribution is 2.24. The number of amides is 1. The van der Waals surface area contributed by atoms with E-state index >= 15 is 0 Å². The number of hydrogen-bond acceptors (Lipinski definition) is 5. The number of nitrogens with zero attached hydrogens (tertiary/aromatic N) is 3. The summed E-state index contributed by atoms with van der Waals surface area (Å²) >= 11 is 0. The second kappa shape index (κ2) is 11.8. The first kappa shape index (κ1) is 23.2. The summed E-state index contributed by atoms with van der Waals surface area (Å²) < 4.78 is 5.39. The van der Waals surface area contributed by atoms with Gasteiger partial charge in [-0.1, -0.05) is 34.6 Å². The van der Waals surface area contributed by atoms with E-state index in [2.05, 4.69) is 47.8 Å². The number of likely N-dealkylation sites (tertiary alicyclic amines) is 1. The van der Waals surface area contributed by atoms with Crippen molar-refractivity contribution < 1.29 is 9.53 Å². The van der Waals surface area contributed by atoms with Gasteiger partial charge in [0, 0.05) is 45.8 Å². The molecule has 0 saturated carbocycles. The minimum atomic E-state index is -0.250. The zero-order chi connectivity index (χ0) is 19.6. The van der Waals surface area contributed by atoms with E-state index in [0.29, 0.717) is 12.5 Å². The van der Waals surface area contributed by atoms with Crippen molar-refractivity contribution in [3.05, 3.63) is 0 Å². The van der Waals surface area contributed by atoms with Crippen molar-refractivity contribution in [1.82, 2.24) is 20.0 Å². The number of nitrogens with one attached hydrogen (secondary N) is 1. The van der Waals surface area contributed by atoms with Gasteiger partial charge < -0.3 is 19.9 Å². The van der Waals surface area contributed by atoms with Gasteiger partial charge in [0.2, 0.25) is 0 Å². The number of ether oxygens (including phenoxy) is 1. The molecule has 6 nitrogen and oxygen atoms in total. The van der Waals surface area contributed by atoms with E-state index in [-0.39, 0.29) is 11.6 Å². The molecule has 1 amide bonds. The molecule has 0 atom stereocenters. The number of carbonyl (C=O) groups is 1. The van der Waals surface area contributed by atoms with Gasteiger partial charge >= 0.3 is 6.09 Å². The molecule has 0 aromatic heterocycles. The second-order valence-electron chi connectivity index (χ2n) is 7.91. The van der Waals surface area contributed by atoms with Crippen molar-refractivity contribution in [2.75, 3.05) is 66.0 Å². The van der Waals surface area contributed by atoms with Crippen molar-refractivity contribution in [2.45, 2.75) is 53.0 Å². The largest absolute Gasteiger partial charge is 0.449 e. The van der Waals surface area contributed by atoms with Crippen LogP contribution in [0.3, 0.4) is 0 Å². The summed E-state index contributed by atoms with van der Waals surface area (Å²) in [6.07, 6.45) is 1.74. The van der Waals surface area contributed by atoms with E-state index in [1.165, 1.54) is 0 Å². The van der Waals surface area contributed by atoms with Gasteiger partial charge in [0.05, 0.1) is 12.1 Å². The van der Waals surface area contributed by atoms with Gasteiger partial charge in [-0.25, -0.2) is 4.79 Å². The van der Waals surface area contributed by atoms with Gasteiger partial charge in [0.15, 0.2) is 0 Å². The number of carbonyl (C=O) groups excluding carboxylic acids is 1. The van der Waals surface area contributed by atoms with Crippen LogP contribution in [0.4, 0.5) is 4.79 Å². The monoisotopic (exact) mass is 370 g/mol. The van der Waals surface area contributed by atoms with Gasteiger partial charge in [-0.3, -0.25) is 4.90 Å². The first-order chi connectivity index (χ1) is 12.4. The summed E-state index contributed by atoms with van der Waals surface area (Å²) in [5.74, 6) is 0.367. The molecule has 0 bridgehead atoms. The lowest BCUT2D eigenvalue weighted by atomic mass is 9.87. The summed E-state index contributed by atoms with van der Waals surface area (Å²) in [5.41, 5.74) is -0.144. The van der Waals surface area contributed by atoms with E-state index in [1.807, 2.05) is 13.8 Å². The number of likely N-dealkylation sites (N-methyl/N-ethyl adjacent to an activating group) is 1. The molecule has 26 heavy (non-hydrogen) atoms. The highest BCUT2D eigenvalue weighted by molar-refractivity contribution is 5.68. The highest BCUT2D eigenvalue weighted by Gasteiger charge is 2.37. The van der Waals surface area contributed by atoms with Crippen LogP contribution >= 0.6 is 0 Å². The Balaban J connectivity index is 0.00000163. The number of piperazine rings is 1. The quantitative estimate of drug-likeness (QED) is 0.778. The van der Waals surface area contributed by atoms with Gasteiger partial charge in [0.1, 0.15) is 0 Å². The fraction of sp³-hybridized carbons (Fsp3) is 0.950. The lowest BCUT2D eigenvalue weighted by Crippen LogP contribution is -2.62. The summed E-state index contributed by atoms with van der Waals surface area (Å²) in [5, 5.41) is 3.24. The number of hydrogen-bond donors (Lipinski definition) is 1. The van der Waals surface area contributed by atoms with Gasteiger partial charge in [-0.05, 0) is 32.4 Å². The summed E-state index contributed by atoms with van der Waals surface area (Å²) in [6.45, 7) is 19.4. The molecule has 2 rings (SSSR count). The van der Waals surface area contributed by atoms with Crippen molar-refractivity contribution in [2.24, 2.45) is 5.92 Å². The first-order valence-electron chi connectivity index (χ1n) is 10.5. The van der Waals surface area contributed by atoms with Crippen LogP contribution in [-0.4, -0.2) is 92.3 Å². The third kappa shape index (κ3) is 7.80. The van der Waals surface area contributed by atoms with Crippen LogP contribution in [0.5, 0.6) is 0 Å². The Hall–Kier alpha value is -0.850. The Labute approximate surface area is 161 Å². The van der Waals surface area contributed by atoms with Crippen LogP contribution in [-0.2, 0) is 4.74 Å². The zero-order valence-electron chi connectivity index (χ0n) is 18.0. The van der Waals surface area contributed by atoms with E-state index in [0.717, 1.165) is 65.2 Å². The first-order valence-corrected chi connectivity index (χ1v) is 10.5. The Morgan fingerprint density at radius 1 is 1.04 bits per heavy atom. The molecule has 0 aliphatic carbocycles. The molecule has 1 N–H and O–H groups in total. The second-order valence-corrected chi connectivity index (χ2v) is 7.91. The van der Waals surface area contributed by atoms with Crippen LogP contribution in [0.2, 0.25) is 0 Å². The topological polar surface area (TPSA) is 48.1 Å². The lowest BCUT2D eigenvalue weighted by Gasteiger charge is -2.45. The molecule has 2 aliphatic rings. The third-order valence-electron chi connectivity index (χ3n) is 5.30. The Bertz CT molecular complexity index is 387. The maximum atomic E-state index is 12.3. The molecule has 2 fully saturated rings. The Kier molecular flexibility index (Phi) is 10.5. The van der Waals surface area contributed by atoms with E-state index in [1.54, 1.807) is 0 Å². The normalized spacial score (nSPS) is 21.8. The maximum Gasteiger partial charge on any atom is 0.407 e. The SMILES string of the molecule is CC.CCN1CCN(CC2(NC(=O)OCC(C)C)CCN(C)CC2)CC1. The standard InChI is InChI=1S/C18H36N4O2.C2H6/c1-5-21-10-12-22(13-11-21)15-18(6-8-20(4)9-7-18)19-17(23)24-14-16(2)3;1-2/h16H,5-15H2,1-4H3,(H,19,23);1-2H3. The van der Waals surface area contributed by atoms with Gasteiger partial charge in [-0.15, -0.1) is 0 Å². The average molecular weight is 371 g/mol. The Morgan fingerprint density at radius 3 is 2.08 bits per heavy atom. The Morgan fingerprint density at radius 2 is 1.58 bits per heavy atom. The molecule has 2 heterocycles. The number of alkyl carbamates (subject to hydrolysis) is 1. The highest BCUT2D eigenvalue weighted by atomic mass is 16.5. The van der Waals surface area contributed by atoms with Crippen LogP contribution in [0.25, 0.3) is 0 Å². The molecule has 0 spiro atoms. The van der Waals surface area contributed by atoms with Crippen molar-refractivity contribution in [3.8, 4) is 0 Å². The predicted octanol–water partition coefficient (Wildman–Crippen LogP) is 2.50. The van der Waals surface area contributed by atoms with Crippen molar-refractivity contribution >= 4 is 6.09 Å². The van der Waals surface area contributed by atoms with E-state index < -0.39 is 0 Å². The molecule has 0 aromatic carbocycles. The van der Waals surface area contributed by atoms with Crippen LogP contribution in [0.1, 0.15) is 47.5 Å². The fourth-order valence-corrected chi connectivity index (χ4v) is 3.56. The lowest BCUT2D eigenvalue weighted by molar-refractivity contribution is 0.0615. The molecule has 0 unspecified atom stereocenters. The average Bonchev–Trinajstić information content (AvgIpc) is 2.65. The summed E-state index contributed by atoms with van der Waals surface area (Å²) in [4.78, 5) is 19.6. The molecule has 0 aromatic rings. The molecule has 154 valence electrons. The third-order valence-corrected chi connectivity index (χ3v) is 5.30. The van der Waals surface area contributed by atoms with Crippen molar-refractivity contribution in [3.63, 3.8) is 0 Å². The predicted molar refractivity (Wildman–Crippen MR) is 109 cm³/mol. The maximum absolute atomic E-state index is 12.3.